The van der Waals surface area contributed by atoms with Crippen molar-refractivity contribution in [1.29, 1.82) is 0 Å². The van der Waals surface area contributed by atoms with Crippen LogP contribution in [-0.2, 0) is 11.8 Å². The van der Waals surface area contributed by atoms with Crippen LogP contribution < -0.4 is 15.2 Å². The van der Waals surface area contributed by atoms with Gasteiger partial charge >= 0.3 is 5.69 Å². The molecule has 164 valence electrons. The minimum Gasteiger partial charge on any atom is -0.454 e. The van der Waals surface area contributed by atoms with Crippen LogP contribution in [0.1, 0.15) is 30.1 Å². The third kappa shape index (κ3) is 3.79. The number of ether oxygens (including phenoxy) is 2. The summed E-state index contributed by atoms with van der Waals surface area (Å²) in [6.07, 6.45) is 4.90. The van der Waals surface area contributed by atoms with Gasteiger partial charge in [-0.15, -0.1) is 0 Å². The van der Waals surface area contributed by atoms with E-state index in [1.165, 1.54) is 4.68 Å². The molecule has 0 bridgehead atoms. The number of hydrogen-bond acceptors (Lipinski definition) is 5. The number of nitrogens with zero attached hydrogens (tertiary/aromatic N) is 4. The standard InChI is InChI=1S/C24H24N4O4/c1-26-24(30)28(19-5-3-2-4-6-19)23(25-26)18-11-13-27(14-12-18)22(29)10-8-17-7-9-20-21(15-17)32-16-31-20/h2-10,15,18H,11-14,16H2,1H3/b10-8+. The molecule has 0 radical (unpaired) electrons. The molecule has 1 saturated heterocycles. The zero-order valence-electron chi connectivity index (χ0n) is 17.8. The van der Waals surface area contributed by atoms with E-state index in [9.17, 15) is 9.59 Å². The number of fused-ring (bicyclic) bond motifs is 1. The molecule has 8 nitrogen and oxygen atoms in total. The van der Waals surface area contributed by atoms with Crippen LogP contribution in [0.25, 0.3) is 11.8 Å². The van der Waals surface area contributed by atoms with Gasteiger partial charge < -0.3 is 14.4 Å². The molecule has 0 atom stereocenters. The van der Waals surface area contributed by atoms with E-state index in [-0.39, 0.29) is 24.3 Å². The Balaban J connectivity index is 1.26. The maximum absolute atomic E-state index is 12.7. The molecule has 2 aliphatic heterocycles. The van der Waals surface area contributed by atoms with E-state index in [1.807, 2.05) is 53.4 Å². The van der Waals surface area contributed by atoms with E-state index in [0.29, 0.717) is 18.8 Å². The summed E-state index contributed by atoms with van der Waals surface area (Å²) in [6, 6.07) is 15.2. The highest BCUT2D eigenvalue weighted by molar-refractivity contribution is 5.92. The number of amides is 1. The summed E-state index contributed by atoms with van der Waals surface area (Å²) in [5.41, 5.74) is 1.54. The molecule has 1 amide bonds. The summed E-state index contributed by atoms with van der Waals surface area (Å²) in [7, 11) is 1.67. The van der Waals surface area contributed by atoms with Gasteiger partial charge in [-0.3, -0.25) is 4.79 Å². The smallest absolute Gasteiger partial charge is 0.350 e. The van der Waals surface area contributed by atoms with E-state index < -0.39 is 0 Å². The Morgan fingerprint density at radius 2 is 1.81 bits per heavy atom. The van der Waals surface area contributed by atoms with E-state index in [0.717, 1.165) is 35.7 Å². The largest absolute Gasteiger partial charge is 0.454 e. The molecule has 0 saturated carbocycles. The van der Waals surface area contributed by atoms with E-state index in [1.54, 1.807) is 23.8 Å². The van der Waals surface area contributed by atoms with Crippen LogP contribution in [0.3, 0.4) is 0 Å². The maximum atomic E-state index is 12.7. The molecule has 3 heterocycles. The van der Waals surface area contributed by atoms with Crippen molar-refractivity contribution in [2.24, 2.45) is 7.05 Å². The monoisotopic (exact) mass is 432 g/mol. The molecule has 0 N–H and O–H groups in total. The molecule has 5 rings (SSSR count). The Hall–Kier alpha value is -3.81. The number of aromatic nitrogens is 3. The Morgan fingerprint density at radius 1 is 1.06 bits per heavy atom. The highest BCUT2D eigenvalue weighted by atomic mass is 16.7. The van der Waals surface area contributed by atoms with Gasteiger partial charge in [-0.25, -0.2) is 14.0 Å². The molecular formula is C24H24N4O4. The van der Waals surface area contributed by atoms with Gasteiger partial charge in [0, 0.05) is 32.1 Å². The lowest BCUT2D eigenvalue weighted by molar-refractivity contribution is -0.127. The third-order valence-corrected chi connectivity index (χ3v) is 5.95. The number of para-hydroxylation sites is 1. The van der Waals surface area contributed by atoms with Crippen LogP contribution in [0.2, 0.25) is 0 Å². The SMILES string of the molecule is Cn1nc(C2CCN(C(=O)/C=C/c3ccc4c(c3)OCO4)CC2)n(-c2ccccc2)c1=O. The first-order chi connectivity index (χ1) is 15.6. The topological polar surface area (TPSA) is 78.6 Å². The molecule has 0 spiro atoms. The van der Waals surface area contributed by atoms with Gasteiger partial charge in [0.15, 0.2) is 11.5 Å². The summed E-state index contributed by atoms with van der Waals surface area (Å²) in [5, 5.41) is 4.51. The molecule has 0 unspecified atom stereocenters. The van der Waals surface area contributed by atoms with E-state index in [4.69, 9.17) is 9.47 Å². The van der Waals surface area contributed by atoms with Crippen molar-refractivity contribution in [1.82, 2.24) is 19.2 Å². The quantitative estimate of drug-likeness (QED) is 0.593. The van der Waals surface area contributed by atoms with Gasteiger partial charge in [0.25, 0.3) is 0 Å². The fraction of sp³-hybridized carbons (Fsp3) is 0.292. The van der Waals surface area contributed by atoms with Crippen molar-refractivity contribution in [3.05, 3.63) is 76.5 Å². The van der Waals surface area contributed by atoms with Crippen molar-refractivity contribution >= 4 is 12.0 Å². The van der Waals surface area contributed by atoms with Crippen molar-refractivity contribution in [3.8, 4) is 17.2 Å². The van der Waals surface area contributed by atoms with Crippen molar-refractivity contribution < 1.29 is 14.3 Å². The van der Waals surface area contributed by atoms with Crippen molar-refractivity contribution in [3.63, 3.8) is 0 Å². The molecular weight excluding hydrogens is 408 g/mol. The van der Waals surface area contributed by atoms with Crippen LogP contribution >= 0.6 is 0 Å². The summed E-state index contributed by atoms with van der Waals surface area (Å²) in [4.78, 5) is 27.2. The molecule has 1 aromatic heterocycles. The number of carbonyl (C=O) groups excluding carboxylic acids is 1. The Labute approximate surface area is 185 Å². The summed E-state index contributed by atoms with van der Waals surface area (Å²) in [5.74, 6) is 2.26. The molecule has 32 heavy (non-hydrogen) atoms. The molecule has 2 aromatic carbocycles. The second kappa shape index (κ2) is 8.37. The molecule has 8 heteroatoms. The average molecular weight is 432 g/mol. The first-order valence-electron chi connectivity index (χ1n) is 10.7. The number of piperidine rings is 1. The maximum Gasteiger partial charge on any atom is 0.350 e. The van der Waals surface area contributed by atoms with E-state index >= 15 is 0 Å². The van der Waals surface area contributed by atoms with Crippen LogP contribution in [0.15, 0.2) is 59.4 Å². The van der Waals surface area contributed by atoms with E-state index in [2.05, 4.69) is 5.10 Å². The predicted octanol–water partition coefficient (Wildman–Crippen LogP) is 2.72. The third-order valence-electron chi connectivity index (χ3n) is 5.95. The van der Waals surface area contributed by atoms with Gasteiger partial charge in [-0.05, 0) is 48.7 Å². The molecule has 3 aromatic rings. The van der Waals surface area contributed by atoms with Crippen molar-refractivity contribution in [2.45, 2.75) is 18.8 Å². The Morgan fingerprint density at radius 3 is 2.59 bits per heavy atom. The number of carbonyl (C=O) groups is 1. The highest BCUT2D eigenvalue weighted by Gasteiger charge is 2.28. The first-order valence-corrected chi connectivity index (χ1v) is 10.7. The van der Waals surface area contributed by atoms with Gasteiger partial charge in [0.2, 0.25) is 12.7 Å². The minimum absolute atomic E-state index is 0.0254. The molecule has 2 aliphatic rings. The lowest BCUT2D eigenvalue weighted by Crippen LogP contribution is -2.37. The molecule has 1 fully saturated rings. The number of hydrogen-bond donors (Lipinski definition) is 0. The van der Waals surface area contributed by atoms with Crippen LogP contribution in [0.4, 0.5) is 0 Å². The van der Waals surface area contributed by atoms with Gasteiger partial charge in [0.05, 0.1) is 5.69 Å². The van der Waals surface area contributed by atoms with Crippen LogP contribution in [0, 0.1) is 0 Å². The number of rotatable bonds is 4. The Bertz CT molecular complexity index is 1220. The average Bonchev–Trinajstić information content (AvgIpc) is 3.42. The number of benzene rings is 2. The fourth-order valence-electron chi connectivity index (χ4n) is 4.22. The second-order valence-corrected chi connectivity index (χ2v) is 7.98. The lowest BCUT2D eigenvalue weighted by Gasteiger charge is -2.31. The highest BCUT2D eigenvalue weighted by Crippen LogP contribution is 2.33. The van der Waals surface area contributed by atoms with Crippen LogP contribution in [0.5, 0.6) is 11.5 Å². The fourth-order valence-corrected chi connectivity index (χ4v) is 4.22. The number of aryl methyl sites for hydroxylation is 1. The van der Waals surface area contributed by atoms with Gasteiger partial charge in [-0.2, -0.15) is 5.10 Å². The van der Waals surface area contributed by atoms with Gasteiger partial charge in [0.1, 0.15) is 5.82 Å². The van der Waals surface area contributed by atoms with Crippen molar-refractivity contribution in [2.75, 3.05) is 19.9 Å². The minimum atomic E-state index is -0.156. The zero-order valence-corrected chi connectivity index (χ0v) is 17.8. The first kappa shape index (κ1) is 20.1. The Kier molecular flexibility index (Phi) is 5.26. The second-order valence-electron chi connectivity index (χ2n) is 7.98. The zero-order chi connectivity index (χ0) is 22.1. The predicted molar refractivity (Wildman–Crippen MR) is 119 cm³/mol. The summed E-state index contributed by atoms with van der Waals surface area (Å²) < 4.78 is 13.8. The van der Waals surface area contributed by atoms with Gasteiger partial charge in [-0.1, -0.05) is 24.3 Å². The molecule has 0 aliphatic carbocycles. The summed E-state index contributed by atoms with van der Waals surface area (Å²) in [6.45, 7) is 1.47. The number of likely N-dealkylation sites (tertiary alicyclic amines) is 1. The summed E-state index contributed by atoms with van der Waals surface area (Å²) >= 11 is 0. The van der Waals surface area contributed by atoms with Crippen LogP contribution in [-0.4, -0.2) is 45.0 Å². The normalized spacial score (nSPS) is 16.1. The lowest BCUT2D eigenvalue weighted by atomic mass is 9.95.